The second-order valence-electron chi connectivity index (χ2n) is 6.57. The zero-order valence-corrected chi connectivity index (χ0v) is 14.3. The molecule has 130 valence electrons. The molecule has 0 radical (unpaired) electrons. The number of carbonyl (C=O) groups excluding carboxylic acids is 2. The topological polar surface area (TPSA) is 84.2 Å². The molecular weight excluding hydrogens is 314 g/mol. The summed E-state index contributed by atoms with van der Waals surface area (Å²) in [4.78, 5) is 24.4. The lowest BCUT2D eigenvalue weighted by Crippen LogP contribution is -2.28. The smallest absolute Gasteiger partial charge is 0.251 e. The predicted octanol–water partition coefficient (Wildman–Crippen LogP) is 3.25. The van der Waals surface area contributed by atoms with Crippen LogP contribution in [-0.4, -0.2) is 11.8 Å². The predicted molar refractivity (Wildman–Crippen MR) is 99.2 cm³/mol. The summed E-state index contributed by atoms with van der Waals surface area (Å²) in [6, 6.07) is 12.9. The zero-order chi connectivity index (χ0) is 17.8. The molecule has 3 rings (SSSR count). The summed E-state index contributed by atoms with van der Waals surface area (Å²) in [6.07, 6.45) is 3.08. The standard InChI is InChI=1S/C20H23N3O2/c1-13-8-9-16(21)11-18(13)20(25)22-12-14-4-2-7-17(10-14)23-19(24)15-5-3-6-15/h2,4,7-11,15H,3,5-6,12,21H2,1H3,(H,22,25)(H,23,24). The van der Waals surface area contributed by atoms with Gasteiger partial charge in [-0.05, 0) is 55.2 Å². The lowest BCUT2D eigenvalue weighted by atomic mass is 9.85. The third-order valence-corrected chi connectivity index (χ3v) is 4.63. The van der Waals surface area contributed by atoms with E-state index in [0.717, 1.165) is 36.1 Å². The Balaban J connectivity index is 1.61. The Labute approximate surface area is 147 Å². The molecule has 4 N–H and O–H groups in total. The van der Waals surface area contributed by atoms with E-state index < -0.39 is 0 Å². The molecule has 0 heterocycles. The van der Waals surface area contributed by atoms with Crippen molar-refractivity contribution in [3.63, 3.8) is 0 Å². The van der Waals surface area contributed by atoms with E-state index in [9.17, 15) is 9.59 Å². The number of amides is 2. The number of nitrogens with two attached hydrogens (primary N) is 1. The third-order valence-electron chi connectivity index (χ3n) is 4.63. The van der Waals surface area contributed by atoms with Crippen LogP contribution in [0.15, 0.2) is 42.5 Å². The lowest BCUT2D eigenvalue weighted by molar-refractivity contribution is -0.122. The number of anilines is 2. The second-order valence-corrected chi connectivity index (χ2v) is 6.57. The van der Waals surface area contributed by atoms with Crippen LogP contribution in [0.3, 0.4) is 0 Å². The minimum absolute atomic E-state index is 0.0859. The molecule has 2 aromatic carbocycles. The maximum atomic E-state index is 12.4. The SMILES string of the molecule is Cc1ccc(N)cc1C(=O)NCc1cccc(NC(=O)C2CCC2)c1. The largest absolute Gasteiger partial charge is 0.399 e. The van der Waals surface area contributed by atoms with Crippen LogP contribution in [0.1, 0.15) is 40.7 Å². The Morgan fingerprint density at radius 2 is 1.96 bits per heavy atom. The normalized spacial score (nSPS) is 13.8. The number of hydrogen-bond donors (Lipinski definition) is 3. The van der Waals surface area contributed by atoms with Gasteiger partial charge >= 0.3 is 0 Å². The maximum Gasteiger partial charge on any atom is 0.251 e. The number of carbonyl (C=O) groups is 2. The number of nitrogen functional groups attached to an aromatic ring is 1. The van der Waals surface area contributed by atoms with Crippen molar-refractivity contribution in [2.24, 2.45) is 5.92 Å². The van der Waals surface area contributed by atoms with Crippen LogP contribution in [-0.2, 0) is 11.3 Å². The zero-order valence-electron chi connectivity index (χ0n) is 14.3. The molecular formula is C20H23N3O2. The van der Waals surface area contributed by atoms with Gasteiger partial charge in [-0.15, -0.1) is 0 Å². The Kier molecular flexibility index (Phi) is 5.03. The molecule has 5 heteroatoms. The van der Waals surface area contributed by atoms with Gasteiger partial charge in [0.2, 0.25) is 5.91 Å². The second kappa shape index (κ2) is 7.38. The monoisotopic (exact) mass is 337 g/mol. The average Bonchev–Trinajstić information content (AvgIpc) is 2.53. The van der Waals surface area contributed by atoms with Gasteiger partial charge in [-0.1, -0.05) is 24.6 Å². The third kappa shape index (κ3) is 4.18. The van der Waals surface area contributed by atoms with Crippen molar-refractivity contribution < 1.29 is 9.59 Å². The molecule has 0 saturated heterocycles. The van der Waals surface area contributed by atoms with Gasteiger partial charge in [0.05, 0.1) is 0 Å². The van der Waals surface area contributed by atoms with Crippen LogP contribution in [0.2, 0.25) is 0 Å². The van der Waals surface area contributed by atoms with E-state index in [1.165, 1.54) is 0 Å². The molecule has 0 bridgehead atoms. The van der Waals surface area contributed by atoms with E-state index in [-0.39, 0.29) is 17.7 Å². The lowest BCUT2D eigenvalue weighted by Gasteiger charge is -2.24. The van der Waals surface area contributed by atoms with Gasteiger partial charge < -0.3 is 16.4 Å². The fourth-order valence-electron chi connectivity index (χ4n) is 2.84. The Morgan fingerprint density at radius 1 is 1.16 bits per heavy atom. The molecule has 2 amide bonds. The molecule has 5 nitrogen and oxygen atoms in total. The summed E-state index contributed by atoms with van der Waals surface area (Å²) in [6.45, 7) is 2.27. The van der Waals surface area contributed by atoms with Gasteiger partial charge in [-0.3, -0.25) is 9.59 Å². The van der Waals surface area contributed by atoms with Crippen LogP contribution >= 0.6 is 0 Å². The molecule has 1 fully saturated rings. The highest BCUT2D eigenvalue weighted by atomic mass is 16.2. The average molecular weight is 337 g/mol. The Morgan fingerprint density at radius 3 is 2.68 bits per heavy atom. The van der Waals surface area contributed by atoms with Crippen molar-refractivity contribution in [3.8, 4) is 0 Å². The van der Waals surface area contributed by atoms with Crippen LogP contribution in [0.4, 0.5) is 11.4 Å². The number of hydrogen-bond acceptors (Lipinski definition) is 3. The van der Waals surface area contributed by atoms with Crippen molar-refractivity contribution in [3.05, 3.63) is 59.2 Å². The summed E-state index contributed by atoms with van der Waals surface area (Å²) >= 11 is 0. The molecule has 1 aliphatic carbocycles. The van der Waals surface area contributed by atoms with Crippen LogP contribution in [0.5, 0.6) is 0 Å². The highest BCUT2D eigenvalue weighted by Gasteiger charge is 2.25. The summed E-state index contributed by atoms with van der Waals surface area (Å²) in [5.41, 5.74) is 9.49. The van der Waals surface area contributed by atoms with Crippen molar-refractivity contribution >= 4 is 23.2 Å². The fraction of sp³-hybridized carbons (Fsp3) is 0.300. The molecule has 0 aliphatic heterocycles. The van der Waals surface area contributed by atoms with Gasteiger partial charge in [-0.2, -0.15) is 0 Å². The number of nitrogens with one attached hydrogen (secondary N) is 2. The van der Waals surface area contributed by atoms with E-state index in [4.69, 9.17) is 5.73 Å². The van der Waals surface area contributed by atoms with Gasteiger partial charge in [0, 0.05) is 29.4 Å². The molecule has 0 aromatic heterocycles. The van der Waals surface area contributed by atoms with Gasteiger partial charge in [0.1, 0.15) is 0 Å². The van der Waals surface area contributed by atoms with Crippen molar-refractivity contribution in [1.82, 2.24) is 5.32 Å². The van der Waals surface area contributed by atoms with E-state index in [1.54, 1.807) is 12.1 Å². The van der Waals surface area contributed by atoms with Gasteiger partial charge in [0.15, 0.2) is 0 Å². The first-order valence-corrected chi connectivity index (χ1v) is 8.57. The number of aryl methyl sites for hydroxylation is 1. The first-order valence-electron chi connectivity index (χ1n) is 8.57. The Bertz CT molecular complexity index is 797. The maximum absolute atomic E-state index is 12.4. The van der Waals surface area contributed by atoms with Crippen molar-refractivity contribution in [2.45, 2.75) is 32.7 Å². The van der Waals surface area contributed by atoms with Crippen LogP contribution in [0.25, 0.3) is 0 Å². The Hall–Kier alpha value is -2.82. The highest BCUT2D eigenvalue weighted by Crippen LogP contribution is 2.27. The molecule has 1 saturated carbocycles. The van der Waals surface area contributed by atoms with Gasteiger partial charge in [0.25, 0.3) is 5.91 Å². The van der Waals surface area contributed by atoms with E-state index in [1.807, 2.05) is 37.3 Å². The number of rotatable bonds is 5. The minimum Gasteiger partial charge on any atom is -0.399 e. The first kappa shape index (κ1) is 17.0. The first-order chi connectivity index (χ1) is 12.0. The molecule has 25 heavy (non-hydrogen) atoms. The summed E-state index contributed by atoms with van der Waals surface area (Å²) in [5, 5.41) is 5.85. The minimum atomic E-state index is -0.159. The fourth-order valence-corrected chi connectivity index (χ4v) is 2.84. The van der Waals surface area contributed by atoms with Crippen LogP contribution < -0.4 is 16.4 Å². The van der Waals surface area contributed by atoms with Gasteiger partial charge in [-0.25, -0.2) is 0 Å². The summed E-state index contributed by atoms with van der Waals surface area (Å²) in [5.74, 6) is 0.0754. The summed E-state index contributed by atoms with van der Waals surface area (Å²) in [7, 11) is 0. The molecule has 0 spiro atoms. The molecule has 0 atom stereocenters. The van der Waals surface area contributed by atoms with Crippen molar-refractivity contribution in [1.29, 1.82) is 0 Å². The van der Waals surface area contributed by atoms with E-state index in [2.05, 4.69) is 10.6 Å². The van der Waals surface area contributed by atoms with E-state index in [0.29, 0.717) is 17.8 Å². The quantitative estimate of drug-likeness (QED) is 0.732. The molecule has 0 unspecified atom stereocenters. The van der Waals surface area contributed by atoms with Crippen LogP contribution in [0, 0.1) is 12.8 Å². The highest BCUT2D eigenvalue weighted by molar-refractivity contribution is 5.96. The molecule has 2 aromatic rings. The van der Waals surface area contributed by atoms with Crippen molar-refractivity contribution in [2.75, 3.05) is 11.1 Å². The molecule has 1 aliphatic rings. The summed E-state index contributed by atoms with van der Waals surface area (Å²) < 4.78 is 0. The number of benzene rings is 2. The van der Waals surface area contributed by atoms with E-state index >= 15 is 0 Å².